The molecule has 0 unspecified atom stereocenters. The molecular weight excluding hydrogens is 282 g/mol. The molecule has 3 nitrogen and oxygen atoms in total. The van der Waals surface area contributed by atoms with Crippen molar-refractivity contribution in [3.05, 3.63) is 78.3 Å². The molecule has 0 spiro atoms. The minimum absolute atomic E-state index is 0.592. The minimum Gasteiger partial charge on any atom is -0.325 e. The van der Waals surface area contributed by atoms with Crippen molar-refractivity contribution in [1.82, 2.24) is 4.98 Å². The van der Waals surface area contributed by atoms with Crippen LogP contribution in [0.5, 0.6) is 0 Å². The van der Waals surface area contributed by atoms with Gasteiger partial charge in [0.25, 0.3) is 0 Å². The monoisotopic (exact) mass is 302 g/mol. The Balaban J connectivity index is 2.04. The number of hydrogen-bond donors (Lipinski definition) is 1. The fourth-order valence-corrected chi connectivity index (χ4v) is 2.72. The van der Waals surface area contributed by atoms with Crippen LogP contribution in [-0.4, -0.2) is 11.5 Å². The summed E-state index contributed by atoms with van der Waals surface area (Å²) in [6.45, 7) is 5.23. The van der Waals surface area contributed by atoms with E-state index < -0.39 is 0 Å². The molecule has 2 aromatic heterocycles. The van der Waals surface area contributed by atoms with Crippen LogP contribution in [-0.2, 0) is 6.54 Å². The fourth-order valence-electron chi connectivity index (χ4n) is 2.72. The molecule has 0 aliphatic carbocycles. The van der Waals surface area contributed by atoms with Gasteiger partial charge in [-0.05, 0) is 29.8 Å². The zero-order valence-electron chi connectivity index (χ0n) is 13.0. The smallest absolute Gasteiger partial charge is 0.205 e. The maximum Gasteiger partial charge on any atom is 0.205 e. The van der Waals surface area contributed by atoms with Crippen LogP contribution in [0.3, 0.4) is 0 Å². The molecule has 0 bridgehead atoms. The van der Waals surface area contributed by atoms with E-state index in [-0.39, 0.29) is 0 Å². The van der Waals surface area contributed by atoms with E-state index in [9.17, 15) is 0 Å². The average Bonchev–Trinajstić information content (AvgIpc) is 2.61. The van der Waals surface area contributed by atoms with Gasteiger partial charge < -0.3 is 5.73 Å². The lowest BCUT2D eigenvalue weighted by Gasteiger charge is -2.04. The number of para-hydroxylation sites is 1. The van der Waals surface area contributed by atoms with E-state index in [0.717, 1.165) is 34.4 Å². The van der Waals surface area contributed by atoms with Crippen LogP contribution in [0.4, 0.5) is 0 Å². The molecule has 114 valence electrons. The first-order chi connectivity index (χ1) is 11.3. The van der Waals surface area contributed by atoms with Crippen LogP contribution in [0.1, 0.15) is 17.0 Å². The molecule has 0 radical (unpaired) electrons. The summed E-state index contributed by atoms with van der Waals surface area (Å²) in [6, 6.07) is 16.4. The topological polar surface area (TPSA) is 42.8 Å². The average molecular weight is 302 g/mol. The van der Waals surface area contributed by atoms with E-state index in [1.807, 2.05) is 48.7 Å². The van der Waals surface area contributed by atoms with Gasteiger partial charge in [-0.15, -0.1) is 0 Å². The van der Waals surface area contributed by atoms with E-state index in [0.29, 0.717) is 6.54 Å². The van der Waals surface area contributed by atoms with Gasteiger partial charge in [-0.3, -0.25) is 4.98 Å². The highest BCUT2D eigenvalue weighted by atomic mass is 15.0. The summed E-state index contributed by atoms with van der Waals surface area (Å²) in [5, 5.41) is 1.15. The summed E-state index contributed by atoms with van der Waals surface area (Å²) in [5.74, 6) is 0. The molecule has 0 fully saturated rings. The molecule has 0 saturated carbocycles. The van der Waals surface area contributed by atoms with Crippen LogP contribution in [0.25, 0.3) is 29.1 Å². The first kappa shape index (κ1) is 15.1. The number of benzene rings is 1. The molecule has 1 aromatic carbocycles. The maximum absolute atomic E-state index is 5.75. The summed E-state index contributed by atoms with van der Waals surface area (Å²) in [4.78, 5) is 4.40. The number of hydrogen-bond acceptors (Lipinski definition) is 2. The minimum atomic E-state index is 0.592. The molecule has 2 heterocycles. The molecule has 0 aliphatic rings. The molecule has 23 heavy (non-hydrogen) atoms. The van der Waals surface area contributed by atoms with Crippen LogP contribution in [0.15, 0.2) is 61.3 Å². The van der Waals surface area contributed by atoms with Gasteiger partial charge in [-0.1, -0.05) is 24.8 Å². The van der Waals surface area contributed by atoms with Crippen LogP contribution >= 0.6 is 0 Å². The number of nitrogens with zero attached hydrogens (tertiary/aromatic N) is 2. The van der Waals surface area contributed by atoms with E-state index in [1.165, 1.54) is 0 Å². The summed E-state index contributed by atoms with van der Waals surface area (Å²) >= 11 is 0. The number of nitrogens with two attached hydrogens (primary N) is 1. The zero-order valence-corrected chi connectivity index (χ0v) is 13.0. The second-order valence-corrected chi connectivity index (χ2v) is 5.27. The first-order valence-electron chi connectivity index (χ1n) is 7.70. The Labute approximate surface area is 136 Å². The van der Waals surface area contributed by atoms with Gasteiger partial charge in [-0.25, -0.2) is 0 Å². The van der Waals surface area contributed by atoms with E-state index in [1.54, 1.807) is 0 Å². The molecular formula is C20H20N3+. The molecule has 0 aliphatic heterocycles. The van der Waals surface area contributed by atoms with Gasteiger partial charge in [0.05, 0.1) is 12.1 Å². The summed E-state index contributed by atoms with van der Waals surface area (Å²) in [7, 11) is 0. The highest BCUT2D eigenvalue weighted by Gasteiger charge is 2.11. The Bertz CT molecular complexity index is 860. The van der Waals surface area contributed by atoms with Crippen molar-refractivity contribution < 1.29 is 4.57 Å². The number of aromatic nitrogens is 2. The Morgan fingerprint density at radius 3 is 2.65 bits per heavy atom. The van der Waals surface area contributed by atoms with Gasteiger partial charge in [0.15, 0.2) is 6.54 Å². The normalized spacial score (nSPS) is 11.2. The van der Waals surface area contributed by atoms with Gasteiger partial charge in [-0.2, -0.15) is 4.57 Å². The van der Waals surface area contributed by atoms with Gasteiger partial charge in [0.1, 0.15) is 0 Å². The molecule has 3 heteroatoms. The van der Waals surface area contributed by atoms with Gasteiger partial charge >= 0.3 is 0 Å². The molecule has 3 aromatic rings. The predicted octanol–water partition coefficient (Wildman–Crippen LogP) is 3.29. The zero-order chi connectivity index (χ0) is 16.1. The lowest BCUT2D eigenvalue weighted by Crippen LogP contribution is -2.43. The summed E-state index contributed by atoms with van der Waals surface area (Å²) in [6.07, 6.45) is 7.94. The number of pyridine rings is 2. The van der Waals surface area contributed by atoms with Crippen molar-refractivity contribution in [3.63, 3.8) is 0 Å². The first-order valence-corrected chi connectivity index (χ1v) is 7.70. The fraction of sp³-hybridized carbons (Fsp3) is 0.100. The van der Waals surface area contributed by atoms with Crippen LogP contribution < -0.4 is 10.3 Å². The summed E-state index contributed by atoms with van der Waals surface area (Å²) < 4.78 is 2.17. The lowest BCUT2D eigenvalue weighted by molar-refractivity contribution is -0.697. The van der Waals surface area contributed by atoms with Gasteiger partial charge in [0, 0.05) is 35.9 Å². The van der Waals surface area contributed by atoms with Crippen LogP contribution in [0, 0.1) is 0 Å². The molecule has 3 rings (SSSR count). The third-order valence-electron chi connectivity index (χ3n) is 3.84. The van der Waals surface area contributed by atoms with E-state index in [4.69, 9.17) is 5.73 Å². The molecule has 2 N–H and O–H groups in total. The Kier molecular flexibility index (Phi) is 4.60. The standard InChI is InChI=1S/C20H20N3/c1-2-17-6-5-7-18(23(17)15-13-21)11-10-16-12-14-22-20-9-4-3-8-19(16)20/h2-12,14H,1,13,15,21H2/q+1/b11-10+. The quantitative estimate of drug-likeness (QED) is 0.735. The second kappa shape index (κ2) is 6.99. The van der Waals surface area contributed by atoms with Crippen molar-refractivity contribution in [3.8, 4) is 0 Å². The Morgan fingerprint density at radius 2 is 1.83 bits per heavy atom. The number of fused-ring (bicyclic) bond motifs is 1. The maximum atomic E-state index is 5.75. The van der Waals surface area contributed by atoms with Crippen molar-refractivity contribution >= 4 is 29.1 Å². The molecule has 0 atom stereocenters. The van der Waals surface area contributed by atoms with Crippen molar-refractivity contribution in [1.29, 1.82) is 0 Å². The largest absolute Gasteiger partial charge is 0.325 e. The van der Waals surface area contributed by atoms with Crippen molar-refractivity contribution in [2.24, 2.45) is 5.73 Å². The molecule has 0 amide bonds. The Morgan fingerprint density at radius 1 is 1.00 bits per heavy atom. The highest BCUT2D eigenvalue weighted by Crippen LogP contribution is 2.18. The summed E-state index contributed by atoms with van der Waals surface area (Å²) in [5.41, 5.74) is 10.1. The molecule has 0 saturated heterocycles. The third-order valence-corrected chi connectivity index (χ3v) is 3.84. The number of rotatable bonds is 5. The third kappa shape index (κ3) is 3.20. The Hall–Kier alpha value is -2.78. The highest BCUT2D eigenvalue weighted by molar-refractivity contribution is 5.89. The van der Waals surface area contributed by atoms with Gasteiger partial charge in [0.2, 0.25) is 11.4 Å². The van der Waals surface area contributed by atoms with E-state index >= 15 is 0 Å². The predicted molar refractivity (Wildman–Crippen MR) is 96.5 cm³/mol. The SMILES string of the molecule is C=Cc1cccc(/C=C/c2ccnc3ccccc23)[n+]1CCN. The van der Waals surface area contributed by atoms with Crippen molar-refractivity contribution in [2.45, 2.75) is 6.54 Å². The van der Waals surface area contributed by atoms with Crippen molar-refractivity contribution in [2.75, 3.05) is 6.54 Å². The lowest BCUT2D eigenvalue weighted by atomic mass is 10.1. The van der Waals surface area contributed by atoms with E-state index in [2.05, 4.69) is 40.4 Å². The van der Waals surface area contributed by atoms with Crippen LogP contribution in [0.2, 0.25) is 0 Å². The second-order valence-electron chi connectivity index (χ2n) is 5.27.